The minimum Gasteiger partial charge on any atom is -0.657 e. The van der Waals surface area contributed by atoms with Crippen LogP contribution in [0.25, 0.3) is 188 Å². The van der Waals surface area contributed by atoms with Gasteiger partial charge in [-0.2, -0.15) is 0 Å². The summed E-state index contributed by atoms with van der Waals surface area (Å²) in [6.07, 6.45) is 20.0. The molecule has 148 heavy (non-hydrogen) atoms. The van der Waals surface area contributed by atoms with Crippen LogP contribution in [0.2, 0.25) is 0 Å². The number of benzene rings is 11. The molecule has 21 rings (SSSR count). The average molecular weight is 2070 g/mol. The quantitative estimate of drug-likeness (QED) is 0.0169. The second kappa shape index (κ2) is 46.6. The SMILES string of the molecule is CCOC(=O)/C=C/c1cc2[n-]c1c(-c1ccc(OC)cc1)c1nc(c(-c3ccc(OC)cc3)c3ccc([n-]3)c(-c3ccc(OC)cc3)c3nc(c2-c2ccc(OC)cc2)C=C3)C=C1.CCOC(=O)C=P(c1ccccc1)(c1ccccc1)c1ccccc1.COc1ccc(-c2c3nc(c(-c4ccc(OC)cc4)c4cc(C=O)c([n-]4)c(-c4ccc(OC)cc4)c4nc(c(-c5ccc(OC)cc5)c5ccc2[n-]5)C=C4)C=C3)cc1.[Cu+2].[Cu+2]. The summed E-state index contributed by atoms with van der Waals surface area (Å²) in [7, 11) is 13.1. The van der Waals surface area contributed by atoms with Crippen molar-refractivity contribution in [2.75, 3.05) is 70.1 Å². The molecule has 0 spiro atoms. The molecule has 2 radical (unpaired) electrons. The van der Waals surface area contributed by atoms with Crippen molar-refractivity contribution in [1.82, 2.24) is 39.9 Å². The number of carbonyl (C=O) groups excluding carboxylic acids is 3. The van der Waals surface area contributed by atoms with Crippen LogP contribution in [0.5, 0.6) is 46.0 Å². The van der Waals surface area contributed by atoms with Gasteiger partial charge in [0.15, 0.2) is 0 Å². The monoisotopic (exact) mass is 2060 g/mol. The molecule has 17 aromatic rings. The topological polar surface area (TPSA) is 251 Å². The Kier molecular flexibility index (Phi) is 32.2. The zero-order valence-electron chi connectivity index (χ0n) is 82.4. The first-order chi connectivity index (χ1) is 71.6. The molecule has 21 nitrogen and oxygen atoms in total. The fraction of sp³-hybridized carbons (Fsp3) is 0.0968. The molecular formula is C124H99Cu2N8O13P. The van der Waals surface area contributed by atoms with Crippen LogP contribution >= 0.6 is 6.89 Å². The van der Waals surface area contributed by atoms with E-state index in [1.165, 1.54) is 6.08 Å². The first-order valence-corrected chi connectivity index (χ1v) is 49.2. The van der Waals surface area contributed by atoms with E-state index in [1.54, 1.807) is 75.7 Å². The molecule has 740 valence electrons. The minimum absolute atomic E-state index is 0. The Morgan fingerprint density at radius 1 is 0.264 bits per heavy atom. The van der Waals surface area contributed by atoms with Crippen molar-refractivity contribution in [1.29, 1.82) is 0 Å². The molecule has 0 saturated carbocycles. The van der Waals surface area contributed by atoms with Gasteiger partial charge in [0.05, 0.1) is 116 Å². The number of nitrogens with zero attached hydrogens (tertiary/aromatic N) is 8. The van der Waals surface area contributed by atoms with Crippen molar-refractivity contribution < 1.29 is 95.9 Å². The molecule has 0 aliphatic carbocycles. The van der Waals surface area contributed by atoms with Gasteiger partial charge in [-0.15, -0.1) is 44.1 Å². The van der Waals surface area contributed by atoms with Gasteiger partial charge in [0, 0.05) is 11.9 Å². The third kappa shape index (κ3) is 21.5. The maximum absolute atomic E-state index is 13.1. The summed E-state index contributed by atoms with van der Waals surface area (Å²) in [6, 6.07) is 105. The number of aromatic nitrogens is 8. The maximum atomic E-state index is 13.1. The molecule has 0 fully saturated rings. The summed E-state index contributed by atoms with van der Waals surface area (Å²) in [5, 5.41) is 3.42. The van der Waals surface area contributed by atoms with Crippen molar-refractivity contribution >= 4 is 146 Å². The van der Waals surface area contributed by atoms with Crippen molar-refractivity contribution in [3.63, 3.8) is 0 Å². The van der Waals surface area contributed by atoms with Crippen molar-refractivity contribution in [2.45, 2.75) is 13.8 Å². The minimum atomic E-state index is -2.24. The van der Waals surface area contributed by atoms with Gasteiger partial charge in [-0.05, 0) is 289 Å². The number of fused-ring (bicyclic) bond motifs is 16. The van der Waals surface area contributed by atoms with Crippen LogP contribution in [0.4, 0.5) is 0 Å². The summed E-state index contributed by atoms with van der Waals surface area (Å²) >= 11 is 0. The number of esters is 2. The smallest absolute Gasteiger partial charge is 0.657 e. The Morgan fingerprint density at radius 3 is 0.716 bits per heavy atom. The number of hydrogen-bond acceptors (Lipinski definition) is 17. The van der Waals surface area contributed by atoms with Gasteiger partial charge in [0.1, 0.15) is 52.3 Å². The van der Waals surface area contributed by atoms with E-state index in [4.69, 9.17) is 87.2 Å². The Balaban J connectivity index is 0.000000163. The largest absolute Gasteiger partial charge is 2.00 e. The molecule has 0 unspecified atom stereocenters. The average Bonchev–Trinajstić information content (AvgIpc) is 1.68. The Morgan fingerprint density at radius 2 is 0.480 bits per heavy atom. The van der Waals surface area contributed by atoms with Crippen LogP contribution in [-0.4, -0.2) is 114 Å². The standard InChI is InChI=1S/C53H43N4O6.C49H37N4O5.C22H21O2P.2Cu/c1-6-63-48(58)30-15-36-31-47-51(34-11-20-39(61-4)21-12-34)45-27-26-43(55-45)49(32-7-16-37(59-2)17-8-32)41-24-25-42(54-41)50(33-9-18-38(60-3)19-10-33)44-28-29-46(56-44)52(53(36)57-47)35-13-22-40(62-5)23-14-35;1-55-34-13-5-29(6-14-34)45-38-21-22-39(50-38)46(30-7-15-35(56-2)16-8-30)41-25-26-43(52-41)48(32-11-19-37(58-4)20-12-32)49-33(28-54)27-44(53-49)47(42-24-23-40(45)51-42)31-9-17-36(57-3)18-10-31;1-2-24-22(23)18-25(19-12-6-3-7-13-19,20-14-8-4-9-15-20)21-16-10-5-11-17-21;;/h7-31H,6H2,1-5H3,(H-,54,55,56,57,58);5-28H,1-4H3,(H-,50,51,52,53,54);3-18H,2H2,1H3;;/q2*-1;;2*+2/p-2. The number of ether oxygens (including phenoxy) is 10. The first kappa shape index (κ1) is 102. The van der Waals surface area contributed by atoms with Crippen LogP contribution in [0, 0.1) is 0 Å². The van der Waals surface area contributed by atoms with E-state index >= 15 is 0 Å². The summed E-state index contributed by atoms with van der Waals surface area (Å²) in [5.41, 5.74) is 25.2. The van der Waals surface area contributed by atoms with Gasteiger partial charge >= 0.3 is 46.1 Å². The van der Waals surface area contributed by atoms with Gasteiger partial charge in [-0.25, -0.2) is 29.5 Å². The van der Waals surface area contributed by atoms with Gasteiger partial charge < -0.3 is 67.3 Å². The van der Waals surface area contributed by atoms with Gasteiger partial charge in [0.2, 0.25) is 0 Å². The second-order valence-corrected chi connectivity index (χ2v) is 37.1. The maximum Gasteiger partial charge on any atom is 2.00 e. The van der Waals surface area contributed by atoms with E-state index in [1.807, 2.05) is 341 Å². The molecule has 4 aliphatic heterocycles. The molecule has 24 heteroatoms. The summed E-state index contributed by atoms with van der Waals surface area (Å²) in [6.45, 7) is 1.99. The van der Waals surface area contributed by atoms with Crippen LogP contribution in [-0.2, 0) is 53.2 Å². The Hall–Kier alpha value is -17.3. The van der Waals surface area contributed by atoms with Crippen molar-refractivity contribution in [3.8, 4) is 135 Å². The number of rotatable bonds is 25. The Labute approximate surface area is 878 Å². The van der Waals surface area contributed by atoms with Gasteiger partial charge in [-0.1, -0.05) is 224 Å². The predicted molar refractivity (Wildman–Crippen MR) is 588 cm³/mol. The molecule has 16 bridgehead atoms. The second-order valence-electron chi connectivity index (χ2n) is 33.8. The van der Waals surface area contributed by atoms with E-state index in [2.05, 4.69) is 36.4 Å². The summed E-state index contributed by atoms with van der Waals surface area (Å²) < 4.78 is 54.9. The van der Waals surface area contributed by atoms with Crippen LogP contribution < -0.4 is 73.7 Å². The van der Waals surface area contributed by atoms with Crippen molar-refractivity contribution in [3.05, 3.63) is 384 Å². The molecule has 0 N–H and O–H groups in total. The normalized spacial score (nSPS) is 11.5. The zero-order valence-corrected chi connectivity index (χ0v) is 85.2. The van der Waals surface area contributed by atoms with E-state index in [-0.39, 0.29) is 46.7 Å². The Bertz CT molecular complexity index is 8250. The van der Waals surface area contributed by atoms with Gasteiger partial charge in [0.25, 0.3) is 0 Å². The van der Waals surface area contributed by atoms with Crippen LogP contribution in [0.3, 0.4) is 0 Å². The van der Waals surface area contributed by atoms with E-state index in [0.29, 0.717) is 103 Å². The summed E-state index contributed by atoms with van der Waals surface area (Å²) in [5.74, 6) is 6.84. The first-order valence-electron chi connectivity index (χ1n) is 47.4. The van der Waals surface area contributed by atoms with Crippen LogP contribution in [0.15, 0.2) is 328 Å². The summed E-state index contributed by atoms with van der Waals surface area (Å²) in [4.78, 5) is 81.3. The van der Waals surface area contributed by atoms with Gasteiger partial charge in [-0.3, -0.25) is 4.79 Å². The third-order valence-electron chi connectivity index (χ3n) is 25.4. The molecule has 11 aromatic carbocycles. The number of hydrogen-bond donors (Lipinski definition) is 0. The molecule has 0 saturated heterocycles. The molecule has 0 amide bonds. The third-order valence-corrected chi connectivity index (χ3v) is 29.3. The number of carbonyl (C=O) groups is 3. The number of methoxy groups -OCH3 is 8. The van der Waals surface area contributed by atoms with Crippen molar-refractivity contribution in [2.24, 2.45) is 0 Å². The number of aldehydes is 1. The molecule has 4 aliphatic rings. The van der Waals surface area contributed by atoms with E-state index in [0.717, 1.165) is 162 Å². The van der Waals surface area contributed by atoms with Crippen LogP contribution in [0.1, 0.15) is 75.3 Å². The predicted octanol–water partition coefficient (Wildman–Crippen LogP) is 25.0. The molecule has 0 atom stereocenters. The molecule has 6 aromatic heterocycles. The van der Waals surface area contributed by atoms with E-state index in [9.17, 15) is 14.4 Å². The molecule has 10 heterocycles. The fourth-order valence-electron chi connectivity index (χ4n) is 18.4. The van der Waals surface area contributed by atoms with E-state index < -0.39 is 12.9 Å². The zero-order chi connectivity index (χ0) is 101. The molecular weight excluding hydrogens is 1970 g/mol. The fourth-order valence-corrected chi connectivity index (χ4v) is 22.0.